The van der Waals surface area contributed by atoms with Gasteiger partial charge in [0.25, 0.3) is 0 Å². The lowest BCUT2D eigenvalue weighted by Crippen LogP contribution is -2.53. The fraction of sp³-hybridized carbons (Fsp3) is 0.733. The molecule has 1 aromatic rings. The van der Waals surface area contributed by atoms with Gasteiger partial charge in [-0.15, -0.1) is 11.3 Å². The zero-order chi connectivity index (χ0) is 15.5. The molecule has 3 heterocycles. The number of thiazole rings is 1. The van der Waals surface area contributed by atoms with Crippen LogP contribution in [0.5, 0.6) is 0 Å². The molecule has 22 heavy (non-hydrogen) atoms. The second-order valence-corrected chi connectivity index (χ2v) is 7.19. The predicted octanol–water partition coefficient (Wildman–Crippen LogP) is 0.506. The molecule has 0 radical (unpaired) electrons. The topological polar surface area (TPSA) is 65.7 Å². The van der Waals surface area contributed by atoms with Crippen LogP contribution in [0.1, 0.15) is 18.5 Å². The molecule has 0 aliphatic carbocycles. The first-order valence-corrected chi connectivity index (χ1v) is 8.90. The summed E-state index contributed by atoms with van der Waals surface area (Å²) in [6, 6.07) is 0.646. The number of carbonyl (C=O) groups excluding carboxylic acids is 1. The quantitative estimate of drug-likeness (QED) is 0.878. The van der Waals surface area contributed by atoms with Gasteiger partial charge in [0.2, 0.25) is 5.91 Å². The van der Waals surface area contributed by atoms with Crippen LogP contribution in [0, 0.1) is 0 Å². The molecular formula is C15H25N5OS. The number of hydrogen-bond acceptors (Lipinski definition) is 6. The Hall–Kier alpha value is -1.18. The smallest absolute Gasteiger partial charge is 0.228 e. The summed E-state index contributed by atoms with van der Waals surface area (Å²) in [4.78, 5) is 23.5. The lowest BCUT2D eigenvalue weighted by Gasteiger charge is -2.42. The van der Waals surface area contributed by atoms with Gasteiger partial charge in [0.15, 0.2) is 5.13 Å². The molecule has 7 heteroatoms. The third-order valence-corrected chi connectivity index (χ3v) is 5.50. The van der Waals surface area contributed by atoms with Crippen LogP contribution in [-0.4, -0.2) is 77.9 Å². The van der Waals surface area contributed by atoms with Crippen molar-refractivity contribution in [2.75, 3.05) is 52.0 Å². The lowest BCUT2D eigenvalue weighted by atomic mass is 10.0. The third-order valence-electron chi connectivity index (χ3n) is 4.77. The fourth-order valence-electron chi connectivity index (χ4n) is 3.34. The zero-order valence-corrected chi connectivity index (χ0v) is 14.0. The number of carbonyl (C=O) groups is 1. The van der Waals surface area contributed by atoms with Crippen LogP contribution in [0.4, 0.5) is 5.13 Å². The van der Waals surface area contributed by atoms with Gasteiger partial charge in [0.05, 0.1) is 12.1 Å². The van der Waals surface area contributed by atoms with Crippen molar-refractivity contribution in [3.8, 4) is 0 Å². The highest BCUT2D eigenvalue weighted by Crippen LogP contribution is 2.19. The Morgan fingerprint density at radius 3 is 2.55 bits per heavy atom. The first kappa shape index (κ1) is 15.7. The molecule has 2 saturated heterocycles. The van der Waals surface area contributed by atoms with Crippen molar-refractivity contribution >= 4 is 22.4 Å². The van der Waals surface area contributed by atoms with Crippen LogP contribution in [0.15, 0.2) is 5.38 Å². The maximum Gasteiger partial charge on any atom is 0.228 e. The number of piperidine rings is 1. The van der Waals surface area contributed by atoms with E-state index in [1.165, 1.54) is 11.3 Å². The Labute approximate surface area is 135 Å². The lowest BCUT2D eigenvalue weighted by molar-refractivity contribution is -0.132. The zero-order valence-electron chi connectivity index (χ0n) is 13.2. The number of amides is 1. The first-order valence-electron chi connectivity index (χ1n) is 8.02. The summed E-state index contributed by atoms with van der Waals surface area (Å²) in [6.45, 7) is 6.38. The van der Waals surface area contributed by atoms with Gasteiger partial charge in [-0.2, -0.15) is 0 Å². The number of nitrogen functional groups attached to an aromatic ring is 1. The molecule has 1 aromatic heterocycles. The van der Waals surface area contributed by atoms with Crippen molar-refractivity contribution in [3.63, 3.8) is 0 Å². The van der Waals surface area contributed by atoms with E-state index in [0.717, 1.165) is 57.8 Å². The summed E-state index contributed by atoms with van der Waals surface area (Å²) in [6.07, 6.45) is 2.57. The highest BCUT2D eigenvalue weighted by atomic mass is 32.1. The summed E-state index contributed by atoms with van der Waals surface area (Å²) in [5, 5.41) is 2.42. The van der Waals surface area contributed by atoms with Gasteiger partial charge in [-0.3, -0.25) is 9.69 Å². The average Bonchev–Trinajstić information content (AvgIpc) is 2.93. The number of hydrogen-bond donors (Lipinski definition) is 1. The minimum absolute atomic E-state index is 0.183. The molecule has 0 aromatic carbocycles. The van der Waals surface area contributed by atoms with Crippen molar-refractivity contribution in [1.82, 2.24) is 19.7 Å². The molecule has 122 valence electrons. The van der Waals surface area contributed by atoms with E-state index in [-0.39, 0.29) is 5.91 Å². The summed E-state index contributed by atoms with van der Waals surface area (Å²) in [5.74, 6) is 0.183. The van der Waals surface area contributed by atoms with Crippen LogP contribution in [0.2, 0.25) is 0 Å². The van der Waals surface area contributed by atoms with Gasteiger partial charge >= 0.3 is 0 Å². The molecule has 0 spiro atoms. The van der Waals surface area contributed by atoms with Crippen LogP contribution in [0.3, 0.4) is 0 Å². The van der Waals surface area contributed by atoms with Crippen molar-refractivity contribution in [3.05, 3.63) is 11.1 Å². The van der Waals surface area contributed by atoms with Gasteiger partial charge in [-0.05, 0) is 19.9 Å². The van der Waals surface area contributed by atoms with Gasteiger partial charge in [0.1, 0.15) is 0 Å². The molecular weight excluding hydrogens is 298 g/mol. The van der Waals surface area contributed by atoms with E-state index in [0.29, 0.717) is 17.6 Å². The fourth-order valence-corrected chi connectivity index (χ4v) is 3.90. The Bertz CT molecular complexity index is 504. The SMILES string of the molecule is CN1CCN(C2CCN(C(=O)Cc3csc(N)n3)CC2)CC1. The largest absolute Gasteiger partial charge is 0.375 e. The molecule has 2 aliphatic heterocycles. The molecule has 2 fully saturated rings. The van der Waals surface area contributed by atoms with E-state index >= 15 is 0 Å². The molecule has 3 rings (SSSR count). The Kier molecular flexibility index (Phi) is 4.95. The number of likely N-dealkylation sites (N-methyl/N-ethyl adjacent to an activating group) is 1. The molecule has 0 bridgehead atoms. The Morgan fingerprint density at radius 1 is 1.27 bits per heavy atom. The van der Waals surface area contributed by atoms with Crippen molar-refractivity contribution in [1.29, 1.82) is 0 Å². The summed E-state index contributed by atoms with van der Waals surface area (Å²) >= 11 is 1.40. The Morgan fingerprint density at radius 2 is 1.95 bits per heavy atom. The molecule has 0 atom stereocenters. The highest BCUT2D eigenvalue weighted by Gasteiger charge is 2.28. The third kappa shape index (κ3) is 3.77. The number of likely N-dealkylation sites (tertiary alicyclic amines) is 1. The van der Waals surface area contributed by atoms with Gasteiger partial charge in [-0.1, -0.05) is 0 Å². The molecule has 2 aliphatic rings. The molecule has 0 unspecified atom stereocenters. The highest BCUT2D eigenvalue weighted by molar-refractivity contribution is 7.13. The minimum Gasteiger partial charge on any atom is -0.375 e. The van der Waals surface area contributed by atoms with Crippen molar-refractivity contribution in [2.45, 2.75) is 25.3 Å². The monoisotopic (exact) mass is 323 g/mol. The molecule has 6 nitrogen and oxygen atoms in total. The normalized spacial score (nSPS) is 22.1. The maximum atomic E-state index is 12.3. The molecule has 1 amide bonds. The van der Waals surface area contributed by atoms with Gasteiger partial charge in [0, 0.05) is 50.7 Å². The van der Waals surface area contributed by atoms with E-state index < -0.39 is 0 Å². The predicted molar refractivity (Wildman–Crippen MR) is 88.9 cm³/mol. The van der Waals surface area contributed by atoms with Crippen LogP contribution >= 0.6 is 11.3 Å². The Balaban J connectivity index is 1.46. The van der Waals surface area contributed by atoms with Gasteiger partial charge in [-0.25, -0.2) is 4.98 Å². The summed E-state index contributed by atoms with van der Waals surface area (Å²) in [7, 11) is 2.18. The summed E-state index contributed by atoms with van der Waals surface area (Å²) in [5.41, 5.74) is 6.42. The van der Waals surface area contributed by atoms with Crippen molar-refractivity contribution < 1.29 is 4.79 Å². The van der Waals surface area contributed by atoms with E-state index in [1.807, 2.05) is 10.3 Å². The maximum absolute atomic E-state index is 12.3. The van der Waals surface area contributed by atoms with E-state index in [1.54, 1.807) is 0 Å². The number of nitrogens with two attached hydrogens (primary N) is 1. The number of piperazine rings is 1. The van der Waals surface area contributed by atoms with Crippen LogP contribution in [0.25, 0.3) is 0 Å². The number of aromatic nitrogens is 1. The first-order chi connectivity index (χ1) is 10.6. The van der Waals surface area contributed by atoms with Crippen LogP contribution < -0.4 is 5.73 Å². The standard InChI is InChI=1S/C15H25N5OS/c1-18-6-8-19(9-7-18)13-2-4-20(5-3-13)14(21)10-12-11-22-15(16)17-12/h11,13H,2-10H2,1H3,(H2,16,17). The van der Waals surface area contributed by atoms with E-state index in [4.69, 9.17) is 5.73 Å². The number of nitrogens with zero attached hydrogens (tertiary/aromatic N) is 4. The number of anilines is 1. The van der Waals surface area contributed by atoms with E-state index in [9.17, 15) is 4.79 Å². The minimum atomic E-state index is 0.183. The summed E-state index contributed by atoms with van der Waals surface area (Å²) < 4.78 is 0. The molecule has 2 N–H and O–H groups in total. The average molecular weight is 323 g/mol. The van der Waals surface area contributed by atoms with E-state index in [2.05, 4.69) is 21.8 Å². The second-order valence-electron chi connectivity index (χ2n) is 6.31. The van der Waals surface area contributed by atoms with Gasteiger partial charge < -0.3 is 15.5 Å². The van der Waals surface area contributed by atoms with Crippen LogP contribution in [-0.2, 0) is 11.2 Å². The second kappa shape index (κ2) is 6.93. The number of rotatable bonds is 3. The molecule has 0 saturated carbocycles. The van der Waals surface area contributed by atoms with Crippen molar-refractivity contribution in [2.24, 2.45) is 0 Å².